The Labute approximate surface area is 198 Å². The van der Waals surface area contributed by atoms with Crippen molar-refractivity contribution in [3.8, 4) is 16.5 Å². The van der Waals surface area contributed by atoms with Crippen molar-refractivity contribution in [1.82, 2.24) is 14.5 Å². The molecule has 8 nitrogen and oxygen atoms in total. The van der Waals surface area contributed by atoms with Gasteiger partial charge in [0.25, 0.3) is 5.56 Å². The van der Waals surface area contributed by atoms with Crippen LogP contribution in [0.2, 0.25) is 0 Å². The fourth-order valence-corrected chi connectivity index (χ4v) is 4.02. The van der Waals surface area contributed by atoms with Crippen LogP contribution in [-0.2, 0) is 16.1 Å². The summed E-state index contributed by atoms with van der Waals surface area (Å²) in [4.78, 5) is 34.2. The van der Waals surface area contributed by atoms with Gasteiger partial charge in [-0.1, -0.05) is 24.3 Å². The molecule has 10 heteroatoms. The average Bonchev–Trinajstić information content (AvgIpc) is 3.16. The van der Waals surface area contributed by atoms with E-state index in [0.29, 0.717) is 0 Å². The van der Waals surface area contributed by atoms with E-state index < -0.39 is 23.2 Å². The first-order chi connectivity index (χ1) is 15.0. The molecule has 0 spiro atoms. The van der Waals surface area contributed by atoms with Gasteiger partial charge in [-0.25, -0.2) is 9.97 Å². The van der Waals surface area contributed by atoms with Gasteiger partial charge in [-0.05, 0) is 49.2 Å². The van der Waals surface area contributed by atoms with Gasteiger partial charge in [0, 0.05) is 16.6 Å². The number of hydrogen-bond donors (Lipinski definition) is 1. The van der Waals surface area contributed by atoms with E-state index in [1.165, 1.54) is 6.33 Å². The van der Waals surface area contributed by atoms with Crippen LogP contribution in [0.3, 0.4) is 0 Å². The number of nitrogens with two attached hydrogens (primary N) is 1. The van der Waals surface area contributed by atoms with E-state index in [0.717, 1.165) is 25.6 Å². The summed E-state index contributed by atoms with van der Waals surface area (Å²) in [6, 6.07) is 7.39. The predicted octanol–water partition coefficient (Wildman–Crippen LogP) is 3.86. The lowest BCUT2D eigenvalue weighted by molar-refractivity contribution is -0.155. The van der Waals surface area contributed by atoms with E-state index in [2.05, 4.69) is 25.9 Å². The molecule has 0 amide bonds. The van der Waals surface area contributed by atoms with Crippen LogP contribution in [0, 0.1) is 6.92 Å². The Kier molecular flexibility index (Phi) is 7.47. The number of rotatable bonds is 7. The second-order valence-corrected chi connectivity index (χ2v) is 10.2. The van der Waals surface area contributed by atoms with E-state index in [1.807, 2.05) is 37.4 Å². The maximum absolute atomic E-state index is 12.5. The van der Waals surface area contributed by atoms with Crippen LogP contribution >= 0.6 is 27.3 Å². The molecule has 0 radical (unpaired) electrons. The van der Waals surface area contributed by atoms with Crippen molar-refractivity contribution in [1.29, 1.82) is 0 Å². The van der Waals surface area contributed by atoms with Crippen LogP contribution in [0.15, 0.2) is 46.1 Å². The standard InChI is InChI=1S/C22H25BrN4O4S/c1-13-9-25-20(32-13)15-7-5-14(6-8-15)16(24)11-30-19-18(23)21(29)27(12-26-19)10-17(28)31-22(2,3)4/h5-9,12,16H,10-11,24H2,1-4H3/t16-/m0/s1. The quantitative estimate of drug-likeness (QED) is 0.471. The molecule has 0 saturated carbocycles. The molecular weight excluding hydrogens is 496 g/mol. The van der Waals surface area contributed by atoms with Crippen LogP contribution in [-0.4, -0.2) is 32.7 Å². The fraction of sp³-hybridized carbons (Fsp3) is 0.364. The summed E-state index contributed by atoms with van der Waals surface area (Å²) in [5, 5.41) is 0.957. The fourth-order valence-electron chi connectivity index (χ4n) is 2.80. The zero-order chi connectivity index (χ0) is 23.5. The number of benzene rings is 1. The van der Waals surface area contributed by atoms with Crippen molar-refractivity contribution < 1.29 is 14.3 Å². The number of nitrogens with zero attached hydrogens (tertiary/aromatic N) is 3. The Hall–Kier alpha value is -2.56. The number of carbonyl (C=O) groups excluding carboxylic acids is 1. The predicted molar refractivity (Wildman–Crippen MR) is 127 cm³/mol. The molecule has 0 aliphatic carbocycles. The average molecular weight is 521 g/mol. The molecule has 2 N–H and O–H groups in total. The summed E-state index contributed by atoms with van der Waals surface area (Å²) in [6.45, 7) is 7.18. The topological polar surface area (TPSA) is 109 Å². The van der Waals surface area contributed by atoms with Gasteiger partial charge in [0.1, 0.15) is 34.6 Å². The molecule has 0 unspecified atom stereocenters. The Morgan fingerprint density at radius 2 is 1.94 bits per heavy atom. The highest BCUT2D eigenvalue weighted by Crippen LogP contribution is 2.26. The molecular formula is C22H25BrN4O4S. The molecule has 3 aromatic rings. The van der Waals surface area contributed by atoms with E-state index in [1.54, 1.807) is 32.1 Å². The number of carbonyl (C=O) groups is 1. The summed E-state index contributed by atoms with van der Waals surface area (Å²) in [6.07, 6.45) is 3.10. The van der Waals surface area contributed by atoms with Crippen LogP contribution in [0.25, 0.3) is 10.6 Å². The Morgan fingerprint density at radius 1 is 1.25 bits per heavy atom. The van der Waals surface area contributed by atoms with Gasteiger partial charge in [-0.2, -0.15) is 0 Å². The highest BCUT2D eigenvalue weighted by molar-refractivity contribution is 9.10. The SMILES string of the molecule is Cc1cnc(-c2ccc([C@@H](N)COc3ncn(CC(=O)OC(C)(C)C)c(=O)c3Br)cc2)s1. The number of esters is 1. The Morgan fingerprint density at radius 3 is 2.53 bits per heavy atom. The van der Waals surface area contributed by atoms with Crippen molar-refractivity contribution in [3.05, 3.63) is 62.1 Å². The summed E-state index contributed by atoms with van der Waals surface area (Å²) >= 11 is 4.84. The zero-order valence-electron chi connectivity index (χ0n) is 18.3. The molecule has 1 aromatic carbocycles. The number of aromatic nitrogens is 3. The largest absolute Gasteiger partial charge is 0.475 e. The van der Waals surface area contributed by atoms with Gasteiger partial charge in [0.2, 0.25) is 5.88 Å². The van der Waals surface area contributed by atoms with E-state index in [4.69, 9.17) is 15.2 Å². The number of halogens is 1. The van der Waals surface area contributed by atoms with Crippen molar-refractivity contribution >= 4 is 33.2 Å². The van der Waals surface area contributed by atoms with Gasteiger partial charge >= 0.3 is 5.97 Å². The minimum atomic E-state index is -0.637. The summed E-state index contributed by atoms with van der Waals surface area (Å²) < 4.78 is 12.2. The van der Waals surface area contributed by atoms with Gasteiger partial charge in [-0.15, -0.1) is 11.3 Å². The lowest BCUT2D eigenvalue weighted by atomic mass is 10.1. The minimum absolute atomic E-state index is 0.112. The van der Waals surface area contributed by atoms with E-state index in [-0.39, 0.29) is 23.5 Å². The highest BCUT2D eigenvalue weighted by Gasteiger charge is 2.19. The first kappa shape index (κ1) is 24.1. The maximum atomic E-state index is 12.5. The highest BCUT2D eigenvalue weighted by atomic mass is 79.9. The zero-order valence-corrected chi connectivity index (χ0v) is 20.7. The number of hydrogen-bond acceptors (Lipinski definition) is 8. The summed E-state index contributed by atoms with van der Waals surface area (Å²) in [5.74, 6) is -0.416. The number of thiazole rings is 1. The first-order valence-corrected chi connectivity index (χ1v) is 11.5. The third kappa shape index (κ3) is 6.24. The van der Waals surface area contributed by atoms with Crippen molar-refractivity contribution in [2.24, 2.45) is 5.73 Å². The van der Waals surface area contributed by atoms with Gasteiger partial charge in [0.05, 0.1) is 6.04 Å². The minimum Gasteiger partial charge on any atom is -0.475 e. The van der Waals surface area contributed by atoms with Crippen LogP contribution < -0.4 is 16.0 Å². The monoisotopic (exact) mass is 520 g/mol. The molecule has 3 rings (SSSR count). The van der Waals surface area contributed by atoms with Crippen molar-refractivity contribution in [2.75, 3.05) is 6.61 Å². The van der Waals surface area contributed by atoms with Crippen molar-refractivity contribution in [2.45, 2.75) is 45.9 Å². The Balaban J connectivity index is 1.63. The second-order valence-electron chi connectivity index (χ2n) is 8.20. The molecule has 0 aliphatic heterocycles. The third-order valence-corrected chi connectivity index (χ3v) is 5.92. The van der Waals surface area contributed by atoms with Gasteiger partial charge < -0.3 is 15.2 Å². The molecule has 2 heterocycles. The Bertz CT molecular complexity index is 1150. The molecule has 2 aromatic heterocycles. The van der Waals surface area contributed by atoms with Crippen LogP contribution in [0.5, 0.6) is 5.88 Å². The molecule has 170 valence electrons. The number of aryl methyl sites for hydroxylation is 1. The maximum Gasteiger partial charge on any atom is 0.326 e. The molecule has 0 aliphatic rings. The lowest BCUT2D eigenvalue weighted by Crippen LogP contribution is -2.31. The second kappa shape index (κ2) is 9.93. The van der Waals surface area contributed by atoms with Crippen LogP contribution in [0.4, 0.5) is 0 Å². The molecule has 0 saturated heterocycles. The van der Waals surface area contributed by atoms with Gasteiger partial charge in [-0.3, -0.25) is 14.2 Å². The molecule has 1 atom stereocenters. The third-order valence-electron chi connectivity index (χ3n) is 4.28. The molecule has 32 heavy (non-hydrogen) atoms. The summed E-state index contributed by atoms with van der Waals surface area (Å²) in [5.41, 5.74) is 7.08. The smallest absolute Gasteiger partial charge is 0.326 e. The van der Waals surface area contributed by atoms with Crippen molar-refractivity contribution in [3.63, 3.8) is 0 Å². The van der Waals surface area contributed by atoms with Gasteiger partial charge in [0.15, 0.2) is 0 Å². The van der Waals surface area contributed by atoms with E-state index in [9.17, 15) is 9.59 Å². The molecule has 0 fully saturated rings. The van der Waals surface area contributed by atoms with Crippen LogP contribution in [0.1, 0.15) is 37.3 Å². The lowest BCUT2D eigenvalue weighted by Gasteiger charge is -2.20. The summed E-state index contributed by atoms with van der Waals surface area (Å²) in [7, 11) is 0. The molecule has 0 bridgehead atoms. The first-order valence-electron chi connectivity index (χ1n) is 9.91. The van der Waals surface area contributed by atoms with E-state index >= 15 is 0 Å². The number of ether oxygens (including phenoxy) is 2. The normalized spacial score (nSPS) is 12.4.